The van der Waals surface area contributed by atoms with Crippen molar-refractivity contribution in [1.29, 1.82) is 0 Å². The molecular formula is C18H29NO2. The van der Waals surface area contributed by atoms with E-state index in [4.69, 9.17) is 4.74 Å². The molecule has 1 N–H and O–H groups in total. The first-order chi connectivity index (χ1) is 10.1. The van der Waals surface area contributed by atoms with Gasteiger partial charge in [0.1, 0.15) is 18.5 Å². The first kappa shape index (κ1) is 16.3. The first-order valence-corrected chi connectivity index (χ1v) is 8.21. The Balaban J connectivity index is 1.85. The predicted molar refractivity (Wildman–Crippen MR) is 86.9 cm³/mol. The van der Waals surface area contributed by atoms with Crippen molar-refractivity contribution in [3.8, 4) is 5.75 Å². The number of β-amino-alcohol motifs (C(OH)–C–C–N with tert-alkyl or cyclic N) is 1. The van der Waals surface area contributed by atoms with E-state index in [1.165, 1.54) is 24.8 Å². The van der Waals surface area contributed by atoms with Gasteiger partial charge in [-0.2, -0.15) is 0 Å². The number of hydrogen-bond donors (Lipinski definition) is 1. The molecule has 3 nitrogen and oxygen atoms in total. The maximum absolute atomic E-state index is 10.2. The Morgan fingerprint density at radius 1 is 1.29 bits per heavy atom. The molecule has 0 radical (unpaired) electrons. The fourth-order valence-electron chi connectivity index (χ4n) is 3.03. The molecule has 0 aliphatic carbocycles. The van der Waals surface area contributed by atoms with Gasteiger partial charge in [0.05, 0.1) is 0 Å². The van der Waals surface area contributed by atoms with Crippen molar-refractivity contribution in [2.75, 3.05) is 19.7 Å². The lowest BCUT2D eigenvalue weighted by Gasteiger charge is -2.34. The summed E-state index contributed by atoms with van der Waals surface area (Å²) >= 11 is 0. The zero-order valence-corrected chi connectivity index (χ0v) is 13.6. The smallest absolute Gasteiger partial charge is 0.122 e. The Morgan fingerprint density at radius 2 is 2.05 bits per heavy atom. The van der Waals surface area contributed by atoms with Gasteiger partial charge in [-0.05, 0) is 43.9 Å². The molecule has 1 aromatic carbocycles. The minimum atomic E-state index is -0.425. The van der Waals surface area contributed by atoms with E-state index >= 15 is 0 Å². The molecule has 0 bridgehead atoms. The minimum absolute atomic E-state index is 0.368. The monoisotopic (exact) mass is 291 g/mol. The zero-order chi connectivity index (χ0) is 15.2. The average molecular weight is 291 g/mol. The van der Waals surface area contributed by atoms with E-state index in [9.17, 15) is 5.11 Å². The summed E-state index contributed by atoms with van der Waals surface area (Å²) in [4.78, 5) is 2.38. The van der Waals surface area contributed by atoms with Crippen LogP contribution in [0.25, 0.3) is 0 Å². The quantitative estimate of drug-likeness (QED) is 0.871. The van der Waals surface area contributed by atoms with Gasteiger partial charge in [-0.1, -0.05) is 38.5 Å². The van der Waals surface area contributed by atoms with E-state index in [0.29, 0.717) is 25.1 Å². The van der Waals surface area contributed by atoms with Crippen LogP contribution in [0.3, 0.4) is 0 Å². The van der Waals surface area contributed by atoms with Crippen molar-refractivity contribution >= 4 is 0 Å². The summed E-state index contributed by atoms with van der Waals surface area (Å²) in [6, 6.07) is 8.69. The lowest BCUT2D eigenvalue weighted by atomic mass is 10.0. The molecule has 1 aliphatic heterocycles. The second-order valence-electron chi connectivity index (χ2n) is 6.50. The highest BCUT2D eigenvalue weighted by molar-refractivity contribution is 5.35. The summed E-state index contributed by atoms with van der Waals surface area (Å²) in [7, 11) is 0. The second-order valence-corrected chi connectivity index (χ2v) is 6.50. The van der Waals surface area contributed by atoms with Crippen molar-refractivity contribution in [3.63, 3.8) is 0 Å². The molecular weight excluding hydrogens is 262 g/mol. The van der Waals surface area contributed by atoms with Crippen LogP contribution in [0.2, 0.25) is 0 Å². The third kappa shape index (κ3) is 4.72. The normalized spacial score (nSPS) is 21.5. The van der Waals surface area contributed by atoms with Gasteiger partial charge in [0, 0.05) is 12.6 Å². The number of para-hydroxylation sites is 1. The van der Waals surface area contributed by atoms with Gasteiger partial charge in [0.25, 0.3) is 0 Å². The second kappa shape index (κ2) is 7.81. The van der Waals surface area contributed by atoms with Crippen LogP contribution in [0.5, 0.6) is 5.75 Å². The van der Waals surface area contributed by atoms with Gasteiger partial charge in [-0.15, -0.1) is 0 Å². The van der Waals surface area contributed by atoms with Gasteiger partial charge >= 0.3 is 0 Å². The molecule has 1 saturated heterocycles. The van der Waals surface area contributed by atoms with E-state index in [0.717, 1.165) is 12.3 Å². The van der Waals surface area contributed by atoms with Crippen LogP contribution < -0.4 is 4.74 Å². The third-order valence-corrected chi connectivity index (χ3v) is 4.36. The van der Waals surface area contributed by atoms with Crippen LogP contribution in [0.15, 0.2) is 24.3 Å². The summed E-state index contributed by atoms with van der Waals surface area (Å²) in [6.45, 7) is 8.75. The van der Waals surface area contributed by atoms with Crippen molar-refractivity contribution < 1.29 is 9.84 Å². The van der Waals surface area contributed by atoms with Gasteiger partial charge in [0.15, 0.2) is 0 Å². The van der Waals surface area contributed by atoms with Crippen LogP contribution in [-0.2, 0) is 0 Å². The SMILES string of the molecule is CC(C)c1ccccc1OC[C@H](O)CN1CCCC[C@H]1C. The highest BCUT2D eigenvalue weighted by Gasteiger charge is 2.21. The maximum Gasteiger partial charge on any atom is 0.122 e. The zero-order valence-electron chi connectivity index (χ0n) is 13.6. The van der Waals surface area contributed by atoms with E-state index in [1.54, 1.807) is 0 Å². The number of benzene rings is 1. The van der Waals surface area contributed by atoms with Crippen LogP contribution in [0.1, 0.15) is 51.5 Å². The number of aliphatic hydroxyl groups is 1. The van der Waals surface area contributed by atoms with Crippen molar-refractivity contribution in [2.24, 2.45) is 0 Å². The number of aliphatic hydroxyl groups excluding tert-OH is 1. The molecule has 1 heterocycles. The summed E-state index contributed by atoms with van der Waals surface area (Å²) in [5, 5.41) is 10.2. The van der Waals surface area contributed by atoms with Crippen molar-refractivity contribution in [3.05, 3.63) is 29.8 Å². The molecule has 0 aromatic heterocycles. The van der Waals surface area contributed by atoms with Gasteiger partial charge in [-0.3, -0.25) is 4.90 Å². The largest absolute Gasteiger partial charge is 0.491 e. The number of hydrogen-bond acceptors (Lipinski definition) is 3. The van der Waals surface area contributed by atoms with Crippen molar-refractivity contribution in [1.82, 2.24) is 4.90 Å². The summed E-state index contributed by atoms with van der Waals surface area (Å²) < 4.78 is 5.86. The summed E-state index contributed by atoms with van der Waals surface area (Å²) in [6.07, 6.45) is 3.37. The van der Waals surface area contributed by atoms with E-state index in [-0.39, 0.29) is 0 Å². The molecule has 0 saturated carbocycles. The van der Waals surface area contributed by atoms with Gasteiger partial charge in [0.2, 0.25) is 0 Å². The van der Waals surface area contributed by atoms with Crippen LogP contribution in [0, 0.1) is 0 Å². The molecule has 2 rings (SSSR count). The lowest BCUT2D eigenvalue weighted by molar-refractivity contribution is 0.0435. The fraction of sp³-hybridized carbons (Fsp3) is 0.667. The number of likely N-dealkylation sites (tertiary alicyclic amines) is 1. The Labute approximate surface area is 128 Å². The van der Waals surface area contributed by atoms with E-state index < -0.39 is 6.10 Å². The average Bonchev–Trinajstić information content (AvgIpc) is 2.48. The molecule has 118 valence electrons. The van der Waals surface area contributed by atoms with Crippen LogP contribution in [-0.4, -0.2) is 41.8 Å². The van der Waals surface area contributed by atoms with E-state index in [2.05, 4.69) is 31.7 Å². The molecule has 3 heteroatoms. The fourth-order valence-corrected chi connectivity index (χ4v) is 3.03. The molecule has 2 atom stereocenters. The summed E-state index contributed by atoms with van der Waals surface area (Å²) in [5.74, 6) is 1.33. The Kier molecular flexibility index (Phi) is 6.07. The number of nitrogens with zero attached hydrogens (tertiary/aromatic N) is 1. The Hall–Kier alpha value is -1.06. The minimum Gasteiger partial charge on any atom is -0.491 e. The molecule has 0 spiro atoms. The Morgan fingerprint density at radius 3 is 2.76 bits per heavy atom. The van der Waals surface area contributed by atoms with Crippen LogP contribution in [0.4, 0.5) is 0 Å². The molecule has 0 unspecified atom stereocenters. The number of rotatable bonds is 6. The van der Waals surface area contributed by atoms with Gasteiger partial charge < -0.3 is 9.84 Å². The highest BCUT2D eigenvalue weighted by atomic mass is 16.5. The number of ether oxygens (including phenoxy) is 1. The first-order valence-electron chi connectivity index (χ1n) is 8.21. The standard InChI is InChI=1S/C18H29NO2/c1-14(2)17-9-4-5-10-18(17)21-13-16(20)12-19-11-7-6-8-15(19)3/h4-5,9-10,14-16,20H,6-8,11-13H2,1-3H3/t15-,16-/m1/s1. The van der Waals surface area contributed by atoms with Crippen molar-refractivity contribution in [2.45, 2.75) is 58.1 Å². The summed E-state index contributed by atoms with van der Waals surface area (Å²) in [5.41, 5.74) is 1.20. The van der Waals surface area contributed by atoms with Crippen LogP contribution >= 0.6 is 0 Å². The number of piperidine rings is 1. The van der Waals surface area contributed by atoms with Gasteiger partial charge in [-0.25, -0.2) is 0 Å². The third-order valence-electron chi connectivity index (χ3n) is 4.36. The molecule has 0 amide bonds. The topological polar surface area (TPSA) is 32.7 Å². The molecule has 21 heavy (non-hydrogen) atoms. The predicted octanol–water partition coefficient (Wildman–Crippen LogP) is 3.42. The maximum atomic E-state index is 10.2. The Bertz CT molecular complexity index is 433. The van der Waals surface area contributed by atoms with E-state index in [1.807, 2.05) is 18.2 Å². The lowest BCUT2D eigenvalue weighted by Crippen LogP contribution is -2.43. The molecule has 1 fully saturated rings. The highest BCUT2D eigenvalue weighted by Crippen LogP contribution is 2.26. The molecule has 1 aliphatic rings. The molecule has 1 aromatic rings.